The molecule has 2 aromatic heterocycles. The van der Waals surface area contributed by atoms with E-state index in [0.29, 0.717) is 6.61 Å². The number of aromatic amines is 1. The Morgan fingerprint density at radius 1 is 1.13 bits per heavy atom. The number of hydrogen-bond donors (Lipinski definition) is 1. The number of fused-ring (bicyclic) bond motifs is 1. The predicted octanol–water partition coefficient (Wildman–Crippen LogP) is 5.48. The zero-order chi connectivity index (χ0) is 21.0. The van der Waals surface area contributed by atoms with Gasteiger partial charge in [0.2, 0.25) is 0 Å². The van der Waals surface area contributed by atoms with Crippen molar-refractivity contribution >= 4 is 22.7 Å². The van der Waals surface area contributed by atoms with Gasteiger partial charge >= 0.3 is 0 Å². The average molecular weight is 435 g/mol. The van der Waals surface area contributed by atoms with Crippen LogP contribution in [-0.2, 0) is 4.74 Å². The molecule has 0 spiro atoms. The highest BCUT2D eigenvalue weighted by Crippen LogP contribution is 2.33. The Morgan fingerprint density at radius 3 is 2.81 bits per heavy atom. The first-order valence-corrected chi connectivity index (χ1v) is 11.8. The van der Waals surface area contributed by atoms with Crippen LogP contribution < -0.4 is 4.74 Å². The SMILES string of the molecule is CCOc1ccc(-n2c(SC[C@H]3CCCCO3)nnc2-c2c[nH]c3ccccc23)cc1. The van der Waals surface area contributed by atoms with Crippen LogP contribution in [0.2, 0.25) is 0 Å². The molecule has 3 heterocycles. The lowest BCUT2D eigenvalue weighted by atomic mass is 10.1. The van der Waals surface area contributed by atoms with Gasteiger partial charge in [-0.05, 0) is 56.5 Å². The van der Waals surface area contributed by atoms with Crippen LogP contribution in [0.4, 0.5) is 0 Å². The lowest BCUT2D eigenvalue weighted by Gasteiger charge is -2.22. The van der Waals surface area contributed by atoms with Gasteiger partial charge in [-0.1, -0.05) is 30.0 Å². The quantitative estimate of drug-likeness (QED) is 0.391. The van der Waals surface area contributed by atoms with Crippen molar-refractivity contribution in [1.82, 2.24) is 19.7 Å². The van der Waals surface area contributed by atoms with E-state index in [9.17, 15) is 0 Å². The van der Waals surface area contributed by atoms with E-state index in [4.69, 9.17) is 9.47 Å². The molecule has 0 amide bonds. The van der Waals surface area contributed by atoms with E-state index in [2.05, 4.69) is 44.0 Å². The minimum Gasteiger partial charge on any atom is -0.494 e. The van der Waals surface area contributed by atoms with E-state index < -0.39 is 0 Å². The third-order valence-electron chi connectivity index (χ3n) is 5.54. The second-order valence-electron chi connectivity index (χ2n) is 7.62. The van der Waals surface area contributed by atoms with Crippen molar-refractivity contribution in [3.05, 3.63) is 54.7 Å². The maximum atomic E-state index is 5.92. The Labute approximate surface area is 186 Å². The van der Waals surface area contributed by atoms with Crippen molar-refractivity contribution in [2.45, 2.75) is 37.4 Å². The summed E-state index contributed by atoms with van der Waals surface area (Å²) in [5, 5.41) is 11.2. The molecule has 6 nitrogen and oxygen atoms in total. The summed E-state index contributed by atoms with van der Waals surface area (Å²) in [5.41, 5.74) is 3.14. The molecule has 0 saturated carbocycles. The minimum absolute atomic E-state index is 0.278. The van der Waals surface area contributed by atoms with Gasteiger partial charge in [-0.2, -0.15) is 0 Å². The molecule has 1 N–H and O–H groups in total. The van der Waals surface area contributed by atoms with Crippen LogP contribution >= 0.6 is 11.8 Å². The van der Waals surface area contributed by atoms with Gasteiger partial charge in [-0.25, -0.2) is 0 Å². The lowest BCUT2D eigenvalue weighted by Crippen LogP contribution is -2.21. The number of H-pyrrole nitrogens is 1. The second kappa shape index (κ2) is 9.16. The van der Waals surface area contributed by atoms with Crippen LogP contribution in [0.15, 0.2) is 59.9 Å². The summed E-state index contributed by atoms with van der Waals surface area (Å²) >= 11 is 1.71. The van der Waals surface area contributed by atoms with Crippen LogP contribution in [0.1, 0.15) is 26.2 Å². The average Bonchev–Trinajstić information content (AvgIpc) is 3.43. The number of rotatable bonds is 7. The van der Waals surface area contributed by atoms with Gasteiger partial charge in [0.05, 0.1) is 12.7 Å². The van der Waals surface area contributed by atoms with Crippen LogP contribution in [0, 0.1) is 0 Å². The first kappa shape index (κ1) is 20.2. The number of aromatic nitrogens is 4. The van der Waals surface area contributed by atoms with Gasteiger partial charge in [-0.15, -0.1) is 10.2 Å². The highest BCUT2D eigenvalue weighted by atomic mass is 32.2. The summed E-state index contributed by atoms with van der Waals surface area (Å²) in [4.78, 5) is 3.36. The molecule has 2 aromatic carbocycles. The molecule has 7 heteroatoms. The van der Waals surface area contributed by atoms with Crippen molar-refractivity contribution in [3.8, 4) is 22.8 Å². The molecular formula is C24H26N4O2S. The number of benzene rings is 2. The Morgan fingerprint density at radius 2 is 2.00 bits per heavy atom. The second-order valence-corrected chi connectivity index (χ2v) is 8.60. The Bertz CT molecular complexity index is 1150. The molecule has 4 aromatic rings. The topological polar surface area (TPSA) is 65.0 Å². The summed E-state index contributed by atoms with van der Waals surface area (Å²) < 4.78 is 13.7. The highest BCUT2D eigenvalue weighted by Gasteiger charge is 2.21. The van der Waals surface area contributed by atoms with Crippen LogP contribution in [0.25, 0.3) is 28.0 Å². The molecule has 0 bridgehead atoms. The molecule has 160 valence electrons. The minimum atomic E-state index is 0.278. The lowest BCUT2D eigenvalue weighted by molar-refractivity contribution is 0.0315. The van der Waals surface area contributed by atoms with Gasteiger partial charge in [0, 0.05) is 40.7 Å². The molecule has 5 rings (SSSR count). The molecule has 1 atom stereocenters. The van der Waals surface area contributed by atoms with Gasteiger partial charge in [-0.3, -0.25) is 4.57 Å². The highest BCUT2D eigenvalue weighted by molar-refractivity contribution is 7.99. The van der Waals surface area contributed by atoms with Crippen LogP contribution in [0.3, 0.4) is 0 Å². The van der Waals surface area contributed by atoms with Crippen molar-refractivity contribution in [2.24, 2.45) is 0 Å². The van der Waals surface area contributed by atoms with Crippen LogP contribution in [-0.4, -0.2) is 44.8 Å². The fraction of sp³-hybridized carbons (Fsp3) is 0.333. The Hall–Kier alpha value is -2.77. The summed E-state index contributed by atoms with van der Waals surface area (Å²) in [6.07, 6.45) is 5.80. The van der Waals surface area contributed by atoms with Gasteiger partial charge < -0.3 is 14.5 Å². The first-order chi connectivity index (χ1) is 15.3. The van der Waals surface area contributed by atoms with E-state index in [0.717, 1.165) is 64.1 Å². The maximum Gasteiger partial charge on any atom is 0.196 e. The number of hydrogen-bond acceptors (Lipinski definition) is 5. The Kier molecular flexibility index (Phi) is 5.95. The number of thioether (sulfide) groups is 1. The summed E-state index contributed by atoms with van der Waals surface area (Å²) in [7, 11) is 0. The molecule has 0 unspecified atom stereocenters. The normalized spacial score (nSPS) is 16.6. The fourth-order valence-electron chi connectivity index (χ4n) is 3.99. The zero-order valence-electron chi connectivity index (χ0n) is 17.6. The largest absolute Gasteiger partial charge is 0.494 e. The number of para-hydroxylation sites is 1. The molecule has 1 aliphatic heterocycles. The van der Waals surface area contributed by atoms with E-state index in [-0.39, 0.29) is 6.10 Å². The van der Waals surface area contributed by atoms with E-state index in [1.807, 2.05) is 37.4 Å². The molecule has 0 aliphatic carbocycles. The van der Waals surface area contributed by atoms with Gasteiger partial charge in [0.25, 0.3) is 0 Å². The predicted molar refractivity (Wildman–Crippen MR) is 124 cm³/mol. The summed E-state index contributed by atoms with van der Waals surface area (Å²) in [5.74, 6) is 2.56. The molecule has 31 heavy (non-hydrogen) atoms. The number of nitrogens with one attached hydrogen (secondary N) is 1. The number of ether oxygens (including phenoxy) is 2. The molecular weight excluding hydrogens is 408 g/mol. The fourth-order valence-corrected chi connectivity index (χ4v) is 5.01. The molecule has 0 radical (unpaired) electrons. The Balaban J connectivity index is 1.53. The monoisotopic (exact) mass is 434 g/mol. The van der Waals surface area contributed by atoms with Crippen molar-refractivity contribution in [2.75, 3.05) is 19.0 Å². The van der Waals surface area contributed by atoms with E-state index in [1.165, 1.54) is 6.42 Å². The van der Waals surface area contributed by atoms with Crippen molar-refractivity contribution in [1.29, 1.82) is 0 Å². The molecule has 1 aliphatic rings. The maximum absolute atomic E-state index is 5.92. The number of nitrogens with zero attached hydrogens (tertiary/aromatic N) is 3. The van der Waals surface area contributed by atoms with E-state index >= 15 is 0 Å². The smallest absolute Gasteiger partial charge is 0.196 e. The first-order valence-electron chi connectivity index (χ1n) is 10.8. The third-order valence-corrected chi connectivity index (χ3v) is 6.60. The van der Waals surface area contributed by atoms with Gasteiger partial charge in [0.15, 0.2) is 11.0 Å². The van der Waals surface area contributed by atoms with Crippen molar-refractivity contribution in [3.63, 3.8) is 0 Å². The zero-order valence-corrected chi connectivity index (χ0v) is 18.4. The van der Waals surface area contributed by atoms with E-state index in [1.54, 1.807) is 11.8 Å². The molecule has 1 saturated heterocycles. The van der Waals surface area contributed by atoms with Gasteiger partial charge in [0.1, 0.15) is 5.75 Å². The summed E-state index contributed by atoms with van der Waals surface area (Å²) in [6.45, 7) is 3.50. The molecule has 1 fully saturated rings. The standard InChI is InChI=1S/C24H26N4O2S/c1-2-29-18-12-10-17(11-13-18)28-23(21-15-25-22-9-4-3-8-20(21)22)26-27-24(28)31-16-19-7-5-6-14-30-19/h3-4,8-13,15,19,25H,2,5-7,14,16H2,1H3/t19-/m1/s1. The third kappa shape index (κ3) is 4.20. The van der Waals surface area contributed by atoms with Crippen LogP contribution in [0.5, 0.6) is 5.75 Å². The van der Waals surface area contributed by atoms with Crippen molar-refractivity contribution < 1.29 is 9.47 Å². The summed E-state index contributed by atoms with van der Waals surface area (Å²) in [6, 6.07) is 16.4.